The van der Waals surface area contributed by atoms with Crippen LogP contribution in [0.4, 0.5) is 11.8 Å². The van der Waals surface area contributed by atoms with Crippen molar-refractivity contribution >= 4 is 11.8 Å². The van der Waals surface area contributed by atoms with E-state index in [0.29, 0.717) is 0 Å². The second-order valence-corrected chi connectivity index (χ2v) is 7.01. The molecule has 0 amide bonds. The first-order chi connectivity index (χ1) is 11.8. The first-order valence-corrected chi connectivity index (χ1v) is 9.22. The van der Waals surface area contributed by atoms with E-state index >= 15 is 0 Å². The molecule has 1 aromatic carbocycles. The lowest BCUT2D eigenvalue weighted by molar-refractivity contribution is 0.700. The van der Waals surface area contributed by atoms with Gasteiger partial charge in [-0.15, -0.1) is 0 Å². The number of hydrogen-bond acceptors (Lipinski definition) is 4. The molecule has 2 aromatic rings. The molecular formula is C20H26N4. The fraction of sp³-hybridized carbons (Fsp3) is 0.500. The van der Waals surface area contributed by atoms with E-state index < -0.39 is 0 Å². The Labute approximate surface area is 144 Å². The Bertz CT molecular complexity index is 705. The number of rotatable bonds is 2. The topological polar surface area (TPSA) is 32.3 Å². The fourth-order valence-corrected chi connectivity index (χ4v) is 3.81. The third-order valence-electron chi connectivity index (χ3n) is 5.17. The number of aryl methyl sites for hydroxylation is 1. The smallest absolute Gasteiger partial charge is 0.227 e. The molecule has 0 spiro atoms. The van der Waals surface area contributed by atoms with Gasteiger partial charge in [0.15, 0.2) is 0 Å². The van der Waals surface area contributed by atoms with Crippen molar-refractivity contribution in [2.45, 2.75) is 45.6 Å². The van der Waals surface area contributed by atoms with Crippen molar-refractivity contribution in [3.05, 3.63) is 47.2 Å². The zero-order chi connectivity index (χ0) is 16.4. The van der Waals surface area contributed by atoms with Crippen molar-refractivity contribution in [2.24, 2.45) is 0 Å². The maximum absolute atomic E-state index is 4.94. The van der Waals surface area contributed by atoms with Crippen molar-refractivity contribution in [2.75, 3.05) is 29.4 Å². The summed E-state index contributed by atoms with van der Waals surface area (Å²) >= 11 is 0. The van der Waals surface area contributed by atoms with Crippen LogP contribution in [0.1, 0.15) is 42.5 Å². The van der Waals surface area contributed by atoms with Gasteiger partial charge in [-0.05, 0) is 37.3 Å². The van der Waals surface area contributed by atoms with Gasteiger partial charge in [-0.1, -0.05) is 37.1 Å². The Morgan fingerprint density at radius 2 is 1.58 bits per heavy atom. The van der Waals surface area contributed by atoms with Crippen molar-refractivity contribution in [3.63, 3.8) is 0 Å². The van der Waals surface area contributed by atoms with Gasteiger partial charge in [0.25, 0.3) is 0 Å². The molecule has 2 aliphatic rings. The molecule has 24 heavy (non-hydrogen) atoms. The van der Waals surface area contributed by atoms with Crippen molar-refractivity contribution in [3.8, 4) is 0 Å². The van der Waals surface area contributed by atoms with Crippen LogP contribution in [0.5, 0.6) is 0 Å². The standard InChI is InChI=1S/C20H26N4/c1-16-14-19(23-11-6-2-3-7-12-23)22-20(21-16)24-13-10-17-8-4-5-9-18(17)15-24/h4-5,8-9,14H,2-3,6-7,10-13,15H2,1H3. The van der Waals surface area contributed by atoms with E-state index in [9.17, 15) is 0 Å². The quantitative estimate of drug-likeness (QED) is 0.843. The van der Waals surface area contributed by atoms with Crippen LogP contribution >= 0.6 is 0 Å². The number of nitrogens with zero attached hydrogens (tertiary/aromatic N) is 4. The molecule has 3 heterocycles. The minimum absolute atomic E-state index is 0.892. The second kappa shape index (κ2) is 6.80. The Morgan fingerprint density at radius 1 is 0.833 bits per heavy atom. The Kier molecular flexibility index (Phi) is 4.37. The molecule has 0 N–H and O–H groups in total. The number of anilines is 2. The van der Waals surface area contributed by atoms with E-state index in [1.54, 1.807) is 0 Å². The van der Waals surface area contributed by atoms with Crippen LogP contribution in [-0.2, 0) is 13.0 Å². The van der Waals surface area contributed by atoms with Crippen LogP contribution in [-0.4, -0.2) is 29.6 Å². The van der Waals surface area contributed by atoms with E-state index in [2.05, 4.69) is 47.1 Å². The maximum Gasteiger partial charge on any atom is 0.227 e. The molecule has 2 aliphatic heterocycles. The molecule has 0 saturated carbocycles. The molecule has 0 unspecified atom stereocenters. The van der Waals surface area contributed by atoms with Crippen LogP contribution in [0.25, 0.3) is 0 Å². The highest BCUT2D eigenvalue weighted by Gasteiger charge is 2.20. The number of fused-ring (bicyclic) bond motifs is 1. The van der Waals surface area contributed by atoms with Gasteiger partial charge in [-0.25, -0.2) is 4.98 Å². The van der Waals surface area contributed by atoms with Crippen LogP contribution in [0, 0.1) is 6.92 Å². The molecule has 4 nitrogen and oxygen atoms in total. The highest BCUT2D eigenvalue weighted by atomic mass is 15.3. The molecule has 126 valence electrons. The summed E-state index contributed by atoms with van der Waals surface area (Å²) < 4.78 is 0. The normalized spacial score (nSPS) is 18.2. The maximum atomic E-state index is 4.94. The molecule has 0 aliphatic carbocycles. The molecule has 1 aromatic heterocycles. The largest absolute Gasteiger partial charge is 0.356 e. The van der Waals surface area contributed by atoms with Crippen molar-refractivity contribution in [1.29, 1.82) is 0 Å². The Balaban J connectivity index is 1.59. The molecule has 0 radical (unpaired) electrons. The summed E-state index contributed by atoms with van der Waals surface area (Å²) in [6.07, 6.45) is 6.31. The minimum atomic E-state index is 0.892. The summed E-state index contributed by atoms with van der Waals surface area (Å²) in [5.41, 5.74) is 3.94. The predicted octanol–water partition coefficient (Wildman–Crippen LogP) is 3.73. The van der Waals surface area contributed by atoms with Crippen LogP contribution in [0.2, 0.25) is 0 Å². The summed E-state index contributed by atoms with van der Waals surface area (Å²) in [6, 6.07) is 10.9. The van der Waals surface area contributed by atoms with E-state index in [1.807, 2.05) is 0 Å². The second-order valence-electron chi connectivity index (χ2n) is 7.01. The highest BCUT2D eigenvalue weighted by molar-refractivity contribution is 5.48. The van der Waals surface area contributed by atoms with Gasteiger partial charge in [0, 0.05) is 37.9 Å². The summed E-state index contributed by atoms with van der Waals surface area (Å²) in [4.78, 5) is 14.5. The van der Waals surface area contributed by atoms with Gasteiger partial charge in [0.05, 0.1) is 0 Å². The van der Waals surface area contributed by atoms with E-state index in [1.165, 1.54) is 36.8 Å². The molecular weight excluding hydrogens is 296 g/mol. The first-order valence-electron chi connectivity index (χ1n) is 9.22. The van der Waals surface area contributed by atoms with E-state index in [4.69, 9.17) is 9.97 Å². The third-order valence-corrected chi connectivity index (χ3v) is 5.17. The average molecular weight is 322 g/mol. The monoisotopic (exact) mass is 322 g/mol. The van der Waals surface area contributed by atoms with Crippen LogP contribution in [0.15, 0.2) is 30.3 Å². The Hall–Kier alpha value is -2.10. The number of hydrogen-bond donors (Lipinski definition) is 0. The summed E-state index contributed by atoms with van der Waals surface area (Å²) in [5, 5.41) is 0. The summed E-state index contributed by atoms with van der Waals surface area (Å²) in [7, 11) is 0. The lowest BCUT2D eigenvalue weighted by Gasteiger charge is -2.30. The number of aromatic nitrogens is 2. The molecule has 4 rings (SSSR count). The van der Waals surface area contributed by atoms with E-state index in [-0.39, 0.29) is 0 Å². The first kappa shape index (κ1) is 15.4. The molecule has 1 fully saturated rings. The highest BCUT2D eigenvalue weighted by Crippen LogP contribution is 2.25. The zero-order valence-electron chi connectivity index (χ0n) is 14.5. The third kappa shape index (κ3) is 3.23. The van der Waals surface area contributed by atoms with Crippen LogP contribution in [0.3, 0.4) is 0 Å². The van der Waals surface area contributed by atoms with Gasteiger partial charge in [0.1, 0.15) is 5.82 Å². The SMILES string of the molecule is Cc1cc(N2CCCCCC2)nc(N2CCc3ccccc3C2)n1. The zero-order valence-corrected chi connectivity index (χ0v) is 14.5. The summed E-state index contributed by atoms with van der Waals surface area (Å²) in [5.74, 6) is 2.00. The minimum Gasteiger partial charge on any atom is -0.356 e. The molecule has 0 bridgehead atoms. The van der Waals surface area contributed by atoms with Crippen LogP contribution < -0.4 is 9.80 Å². The average Bonchev–Trinajstić information content (AvgIpc) is 2.90. The lowest BCUT2D eigenvalue weighted by atomic mass is 10.0. The fourth-order valence-electron chi connectivity index (χ4n) is 3.81. The summed E-state index contributed by atoms with van der Waals surface area (Å²) in [6.45, 7) is 6.25. The van der Waals surface area contributed by atoms with Gasteiger partial charge in [-0.3, -0.25) is 0 Å². The van der Waals surface area contributed by atoms with Crippen molar-refractivity contribution < 1.29 is 0 Å². The van der Waals surface area contributed by atoms with Gasteiger partial charge in [0.2, 0.25) is 5.95 Å². The van der Waals surface area contributed by atoms with E-state index in [0.717, 1.165) is 50.1 Å². The van der Waals surface area contributed by atoms with Crippen molar-refractivity contribution in [1.82, 2.24) is 9.97 Å². The number of benzene rings is 1. The lowest BCUT2D eigenvalue weighted by Crippen LogP contribution is -2.33. The molecule has 4 heteroatoms. The van der Waals surface area contributed by atoms with Gasteiger partial charge < -0.3 is 9.80 Å². The molecule has 1 saturated heterocycles. The van der Waals surface area contributed by atoms with Gasteiger partial charge >= 0.3 is 0 Å². The Morgan fingerprint density at radius 3 is 2.38 bits per heavy atom. The molecule has 0 atom stereocenters. The predicted molar refractivity (Wildman–Crippen MR) is 98.6 cm³/mol. The van der Waals surface area contributed by atoms with Gasteiger partial charge in [-0.2, -0.15) is 4.98 Å².